The van der Waals surface area contributed by atoms with Crippen LogP contribution < -0.4 is 21.7 Å². The quantitative estimate of drug-likeness (QED) is 0.148. The molecule has 13 heteroatoms. The number of H-pyrrole nitrogens is 1. The maximum atomic E-state index is 13.1. The molecule has 0 spiro atoms. The first kappa shape index (κ1) is 31.2. The van der Waals surface area contributed by atoms with E-state index in [-0.39, 0.29) is 12.8 Å². The number of aliphatic hydroxyl groups is 1. The molecule has 0 aliphatic carbocycles. The fraction of sp³-hybridized carbons (Fsp3) is 0.500. The lowest BCUT2D eigenvalue weighted by atomic mass is 9.98. The summed E-state index contributed by atoms with van der Waals surface area (Å²) in [4.78, 5) is 64.6. The van der Waals surface area contributed by atoms with E-state index in [0.29, 0.717) is 6.42 Å². The normalized spacial score (nSPS) is 15.8. The van der Waals surface area contributed by atoms with Gasteiger partial charge in [-0.05, 0) is 37.3 Å². The number of amides is 3. The van der Waals surface area contributed by atoms with Crippen LogP contribution in [0.4, 0.5) is 0 Å². The summed E-state index contributed by atoms with van der Waals surface area (Å²) in [5.41, 5.74) is 7.73. The molecule has 0 aliphatic rings. The van der Waals surface area contributed by atoms with Crippen molar-refractivity contribution in [2.24, 2.45) is 11.7 Å². The van der Waals surface area contributed by atoms with Crippen molar-refractivity contribution in [3.05, 3.63) is 36.0 Å². The lowest BCUT2D eigenvalue weighted by Crippen LogP contribution is -2.60. The molecule has 9 N–H and O–H groups in total. The topological polar surface area (TPSA) is 224 Å². The van der Waals surface area contributed by atoms with Crippen LogP contribution in [0.15, 0.2) is 30.5 Å². The summed E-state index contributed by atoms with van der Waals surface area (Å²) in [6.45, 7) is 4.61. The largest absolute Gasteiger partial charge is 0.481 e. The van der Waals surface area contributed by atoms with Gasteiger partial charge in [0.25, 0.3) is 0 Å². The van der Waals surface area contributed by atoms with Crippen molar-refractivity contribution in [1.29, 1.82) is 0 Å². The van der Waals surface area contributed by atoms with Gasteiger partial charge in [0.15, 0.2) is 0 Å². The highest BCUT2D eigenvalue weighted by Gasteiger charge is 2.34. The van der Waals surface area contributed by atoms with Gasteiger partial charge in [0.2, 0.25) is 17.7 Å². The fourth-order valence-electron chi connectivity index (χ4n) is 4.03. The maximum absolute atomic E-state index is 13.1. The molecule has 214 valence electrons. The smallest absolute Gasteiger partial charge is 0.326 e. The predicted octanol–water partition coefficient (Wildman–Crippen LogP) is -0.132. The van der Waals surface area contributed by atoms with Crippen LogP contribution in [0.25, 0.3) is 10.9 Å². The van der Waals surface area contributed by atoms with Gasteiger partial charge in [-0.1, -0.05) is 38.5 Å². The molecule has 1 aromatic heterocycles. The van der Waals surface area contributed by atoms with Crippen molar-refractivity contribution in [3.8, 4) is 0 Å². The third-order valence-corrected chi connectivity index (χ3v) is 6.57. The van der Waals surface area contributed by atoms with Gasteiger partial charge in [0.1, 0.15) is 18.1 Å². The molecular weight excluding hydrogens is 510 g/mol. The van der Waals surface area contributed by atoms with Crippen LogP contribution in [0.1, 0.15) is 45.6 Å². The molecule has 0 bridgehead atoms. The van der Waals surface area contributed by atoms with Crippen LogP contribution in [-0.4, -0.2) is 80.2 Å². The summed E-state index contributed by atoms with van der Waals surface area (Å²) in [6.07, 6.45) is 0.0869. The highest BCUT2D eigenvalue weighted by Crippen LogP contribution is 2.19. The Hall–Kier alpha value is -3.97. The number of nitrogens with two attached hydrogens (primary N) is 1. The van der Waals surface area contributed by atoms with Crippen molar-refractivity contribution in [1.82, 2.24) is 20.9 Å². The summed E-state index contributed by atoms with van der Waals surface area (Å²) in [7, 11) is 0. The Labute approximate surface area is 225 Å². The number of para-hydroxylation sites is 1. The number of carbonyl (C=O) groups is 5. The Bertz CT molecular complexity index is 1180. The first-order chi connectivity index (χ1) is 18.3. The van der Waals surface area contributed by atoms with Gasteiger partial charge >= 0.3 is 11.9 Å². The number of aliphatic carboxylic acids is 2. The molecular formula is C26H37N5O8. The van der Waals surface area contributed by atoms with Crippen molar-refractivity contribution < 1.29 is 39.3 Å². The van der Waals surface area contributed by atoms with Gasteiger partial charge in [0.05, 0.1) is 12.1 Å². The molecule has 3 amide bonds. The number of benzene rings is 1. The average molecular weight is 548 g/mol. The van der Waals surface area contributed by atoms with Gasteiger partial charge in [-0.3, -0.25) is 19.2 Å². The molecule has 6 atom stereocenters. The van der Waals surface area contributed by atoms with Crippen molar-refractivity contribution >= 4 is 40.6 Å². The Morgan fingerprint density at radius 1 is 0.949 bits per heavy atom. The number of aromatic amines is 1. The van der Waals surface area contributed by atoms with Gasteiger partial charge in [0, 0.05) is 23.5 Å². The van der Waals surface area contributed by atoms with Crippen LogP contribution in [0.5, 0.6) is 0 Å². The summed E-state index contributed by atoms with van der Waals surface area (Å²) < 4.78 is 0. The minimum absolute atomic E-state index is 0.133. The third kappa shape index (κ3) is 8.79. The minimum atomic E-state index is -1.56. The zero-order valence-corrected chi connectivity index (χ0v) is 22.1. The number of carboxylic acids is 2. The molecule has 0 aliphatic heterocycles. The zero-order valence-electron chi connectivity index (χ0n) is 22.1. The molecule has 0 radical (unpaired) electrons. The zero-order chi connectivity index (χ0) is 29.3. The van der Waals surface area contributed by atoms with E-state index in [1.165, 1.54) is 6.92 Å². The Balaban J connectivity index is 2.14. The number of carboxylic acid groups (broad SMARTS) is 2. The van der Waals surface area contributed by atoms with E-state index in [9.17, 15) is 34.2 Å². The maximum Gasteiger partial charge on any atom is 0.326 e. The van der Waals surface area contributed by atoms with Gasteiger partial charge in [-0.15, -0.1) is 0 Å². The highest BCUT2D eigenvalue weighted by molar-refractivity contribution is 5.95. The van der Waals surface area contributed by atoms with E-state index < -0.39 is 72.3 Å². The number of rotatable bonds is 15. The van der Waals surface area contributed by atoms with Crippen LogP contribution in [-0.2, 0) is 30.4 Å². The number of hydrogen-bond acceptors (Lipinski definition) is 7. The van der Waals surface area contributed by atoms with Crippen LogP contribution in [0.2, 0.25) is 0 Å². The number of fused-ring (bicyclic) bond motifs is 1. The number of nitrogens with one attached hydrogen (secondary N) is 4. The van der Waals surface area contributed by atoms with Crippen molar-refractivity contribution in [3.63, 3.8) is 0 Å². The number of aliphatic hydroxyl groups excluding tert-OH is 1. The molecule has 39 heavy (non-hydrogen) atoms. The van der Waals surface area contributed by atoms with Crippen LogP contribution in [0.3, 0.4) is 0 Å². The molecule has 0 saturated carbocycles. The highest BCUT2D eigenvalue weighted by atomic mass is 16.4. The minimum Gasteiger partial charge on any atom is -0.481 e. The Morgan fingerprint density at radius 2 is 1.59 bits per heavy atom. The monoisotopic (exact) mass is 547 g/mol. The lowest BCUT2D eigenvalue weighted by molar-refractivity contribution is -0.144. The number of carbonyl (C=O) groups excluding carboxylic acids is 3. The van der Waals surface area contributed by atoms with E-state index >= 15 is 0 Å². The van der Waals surface area contributed by atoms with E-state index in [0.717, 1.165) is 16.5 Å². The molecule has 0 fully saturated rings. The van der Waals surface area contributed by atoms with E-state index in [2.05, 4.69) is 20.9 Å². The molecule has 0 saturated heterocycles. The number of aromatic nitrogens is 1. The SMILES string of the molecule is CCC(C)C(NC(=O)C(NC(=O)C(CCC(=O)O)NC(=O)C(N)Cc1c[nH]c2ccccc12)C(C)O)C(=O)O. The lowest BCUT2D eigenvalue weighted by Gasteiger charge is -2.27. The summed E-state index contributed by atoms with van der Waals surface area (Å²) in [6, 6.07) is 2.15. The predicted molar refractivity (Wildman–Crippen MR) is 141 cm³/mol. The summed E-state index contributed by atoms with van der Waals surface area (Å²) in [5, 5.41) is 36.7. The van der Waals surface area contributed by atoms with Crippen LogP contribution in [0, 0.1) is 5.92 Å². The summed E-state index contributed by atoms with van der Waals surface area (Å²) >= 11 is 0. The average Bonchev–Trinajstić information content (AvgIpc) is 3.29. The molecule has 13 nitrogen and oxygen atoms in total. The van der Waals surface area contributed by atoms with Crippen LogP contribution >= 0.6 is 0 Å². The Kier molecular flexibility index (Phi) is 11.4. The van der Waals surface area contributed by atoms with E-state index in [4.69, 9.17) is 10.8 Å². The van der Waals surface area contributed by atoms with Gasteiger partial charge < -0.3 is 42.0 Å². The molecule has 1 heterocycles. The standard InChI is InChI=1S/C26H37N5O8/c1-4-13(2)21(26(38)39)30-25(37)22(14(3)32)31-24(36)19(9-10-20(33)34)29-23(35)17(27)11-15-12-28-18-8-6-5-7-16(15)18/h5-8,12-14,17,19,21-22,28,32H,4,9-11,27H2,1-3H3,(H,29,35)(H,30,37)(H,31,36)(H,33,34)(H,38,39). The second kappa shape index (κ2) is 14.3. The van der Waals surface area contributed by atoms with Crippen molar-refractivity contribution in [2.75, 3.05) is 0 Å². The summed E-state index contributed by atoms with van der Waals surface area (Å²) in [5.74, 6) is -5.51. The molecule has 1 aromatic carbocycles. The molecule has 2 rings (SSSR count). The Morgan fingerprint density at radius 3 is 2.18 bits per heavy atom. The third-order valence-electron chi connectivity index (χ3n) is 6.57. The first-order valence-electron chi connectivity index (χ1n) is 12.7. The van der Waals surface area contributed by atoms with Crippen molar-refractivity contribution in [2.45, 2.75) is 76.7 Å². The van der Waals surface area contributed by atoms with E-state index in [1.54, 1.807) is 20.0 Å². The van der Waals surface area contributed by atoms with Gasteiger partial charge in [-0.2, -0.15) is 0 Å². The van der Waals surface area contributed by atoms with E-state index in [1.807, 2.05) is 24.3 Å². The molecule has 2 aromatic rings. The van der Waals surface area contributed by atoms with Gasteiger partial charge in [-0.25, -0.2) is 4.79 Å². The number of hydrogen-bond donors (Lipinski definition) is 8. The second-order valence-corrected chi connectivity index (χ2v) is 9.60. The molecule has 6 unspecified atom stereocenters. The first-order valence-corrected chi connectivity index (χ1v) is 12.7. The second-order valence-electron chi connectivity index (χ2n) is 9.60. The fourth-order valence-corrected chi connectivity index (χ4v) is 4.03.